The van der Waals surface area contributed by atoms with Crippen molar-refractivity contribution >= 4 is 10.9 Å². The molecular weight excluding hydrogens is 220 g/mol. The molecule has 2 atom stereocenters. The fourth-order valence-corrected chi connectivity index (χ4v) is 2.27. The highest BCUT2D eigenvalue weighted by molar-refractivity contribution is 5.78. The molecule has 0 radical (unpaired) electrons. The zero-order valence-corrected chi connectivity index (χ0v) is 11.5. The van der Waals surface area contributed by atoms with Crippen LogP contribution < -0.4 is 5.32 Å². The van der Waals surface area contributed by atoms with Gasteiger partial charge in [0.15, 0.2) is 0 Å². The molecule has 0 aliphatic heterocycles. The number of fused-ring (bicyclic) bond motifs is 1. The molecule has 0 aliphatic carbocycles. The minimum atomic E-state index is 0.400. The van der Waals surface area contributed by atoms with E-state index >= 15 is 0 Å². The molecular formula is C16H22N2. The molecule has 1 heterocycles. The van der Waals surface area contributed by atoms with Crippen molar-refractivity contribution in [3.05, 3.63) is 42.1 Å². The number of nitrogens with zero attached hydrogens (tertiary/aromatic N) is 1. The Kier molecular flexibility index (Phi) is 4.32. The zero-order valence-electron chi connectivity index (χ0n) is 11.5. The lowest BCUT2D eigenvalue weighted by Crippen LogP contribution is -2.19. The van der Waals surface area contributed by atoms with Crippen LogP contribution in [0.3, 0.4) is 0 Å². The summed E-state index contributed by atoms with van der Waals surface area (Å²) in [7, 11) is 2.03. The summed E-state index contributed by atoms with van der Waals surface area (Å²) >= 11 is 0. The van der Waals surface area contributed by atoms with E-state index in [4.69, 9.17) is 0 Å². The molecule has 1 aromatic carbocycles. The van der Waals surface area contributed by atoms with E-state index in [1.807, 2.05) is 19.3 Å². The minimum Gasteiger partial charge on any atom is -0.313 e. The van der Waals surface area contributed by atoms with Crippen LogP contribution in [0.25, 0.3) is 10.9 Å². The van der Waals surface area contributed by atoms with Gasteiger partial charge in [-0.25, -0.2) is 0 Å². The van der Waals surface area contributed by atoms with Crippen LogP contribution in [0, 0.1) is 5.92 Å². The second-order valence-electron chi connectivity index (χ2n) is 5.05. The van der Waals surface area contributed by atoms with Gasteiger partial charge in [0.1, 0.15) is 0 Å². The first-order valence-electron chi connectivity index (χ1n) is 6.76. The standard InChI is InChI=1S/C16H22N2/c1-4-12(2)9-16(17-3)14-10-13-7-5-6-8-15(13)18-11-14/h5-8,10-12,16-17H,4,9H2,1-3H3. The van der Waals surface area contributed by atoms with Crippen molar-refractivity contribution in [1.82, 2.24) is 10.3 Å². The topological polar surface area (TPSA) is 24.9 Å². The molecule has 0 fully saturated rings. The second kappa shape index (κ2) is 5.96. The van der Waals surface area contributed by atoms with E-state index in [1.54, 1.807) is 0 Å². The van der Waals surface area contributed by atoms with Gasteiger partial charge in [-0.1, -0.05) is 38.5 Å². The van der Waals surface area contributed by atoms with Gasteiger partial charge in [0, 0.05) is 17.6 Å². The minimum absolute atomic E-state index is 0.400. The Hall–Kier alpha value is -1.41. The molecule has 18 heavy (non-hydrogen) atoms. The Morgan fingerprint density at radius 2 is 2.06 bits per heavy atom. The molecule has 2 rings (SSSR count). The van der Waals surface area contributed by atoms with Crippen LogP contribution in [0.4, 0.5) is 0 Å². The number of hydrogen-bond donors (Lipinski definition) is 1. The number of aromatic nitrogens is 1. The van der Waals surface area contributed by atoms with E-state index in [0.717, 1.165) is 17.9 Å². The fraction of sp³-hybridized carbons (Fsp3) is 0.438. The Morgan fingerprint density at radius 1 is 1.28 bits per heavy atom. The average molecular weight is 242 g/mol. The first-order chi connectivity index (χ1) is 8.74. The summed E-state index contributed by atoms with van der Waals surface area (Å²) in [5.74, 6) is 0.730. The lowest BCUT2D eigenvalue weighted by molar-refractivity contribution is 0.421. The van der Waals surface area contributed by atoms with E-state index in [0.29, 0.717) is 6.04 Å². The first-order valence-corrected chi connectivity index (χ1v) is 6.76. The number of benzene rings is 1. The lowest BCUT2D eigenvalue weighted by Gasteiger charge is -2.20. The van der Waals surface area contributed by atoms with E-state index in [2.05, 4.69) is 48.4 Å². The summed E-state index contributed by atoms with van der Waals surface area (Å²) < 4.78 is 0. The monoisotopic (exact) mass is 242 g/mol. The molecule has 2 nitrogen and oxygen atoms in total. The Labute approximate surface area is 109 Å². The summed E-state index contributed by atoms with van der Waals surface area (Å²) in [5.41, 5.74) is 2.36. The molecule has 0 bridgehead atoms. The van der Waals surface area contributed by atoms with Crippen LogP contribution in [-0.2, 0) is 0 Å². The van der Waals surface area contributed by atoms with Crippen LogP contribution in [0.2, 0.25) is 0 Å². The van der Waals surface area contributed by atoms with Gasteiger partial charge in [-0.2, -0.15) is 0 Å². The van der Waals surface area contributed by atoms with Gasteiger partial charge < -0.3 is 5.32 Å². The van der Waals surface area contributed by atoms with E-state index in [9.17, 15) is 0 Å². The van der Waals surface area contributed by atoms with Gasteiger partial charge in [-0.05, 0) is 37.1 Å². The Bertz CT molecular complexity index is 507. The number of rotatable bonds is 5. The summed E-state index contributed by atoms with van der Waals surface area (Å²) in [6.45, 7) is 4.55. The molecule has 0 saturated carbocycles. The molecule has 0 amide bonds. The van der Waals surface area contributed by atoms with Crippen LogP contribution >= 0.6 is 0 Å². The number of hydrogen-bond acceptors (Lipinski definition) is 2. The number of para-hydroxylation sites is 1. The number of pyridine rings is 1. The average Bonchev–Trinajstić information content (AvgIpc) is 2.44. The molecule has 96 valence electrons. The first kappa shape index (κ1) is 13.0. The van der Waals surface area contributed by atoms with E-state index in [-0.39, 0.29) is 0 Å². The van der Waals surface area contributed by atoms with Gasteiger partial charge in [-0.3, -0.25) is 4.98 Å². The summed E-state index contributed by atoms with van der Waals surface area (Å²) in [6, 6.07) is 10.9. The third kappa shape index (κ3) is 2.88. The maximum absolute atomic E-state index is 4.54. The molecule has 2 unspecified atom stereocenters. The van der Waals surface area contributed by atoms with Crippen LogP contribution in [0.1, 0.15) is 38.3 Å². The SMILES string of the molecule is CCC(C)CC(NC)c1cnc2ccccc2c1. The van der Waals surface area contributed by atoms with Crippen molar-refractivity contribution in [3.63, 3.8) is 0 Å². The molecule has 2 heteroatoms. The molecule has 0 aliphatic rings. The van der Waals surface area contributed by atoms with Crippen molar-refractivity contribution in [2.24, 2.45) is 5.92 Å². The molecule has 0 saturated heterocycles. The van der Waals surface area contributed by atoms with E-state index in [1.165, 1.54) is 17.4 Å². The third-order valence-electron chi connectivity index (χ3n) is 3.70. The molecule has 2 aromatic rings. The molecule has 0 spiro atoms. The normalized spacial score (nSPS) is 14.6. The Morgan fingerprint density at radius 3 is 2.78 bits per heavy atom. The maximum Gasteiger partial charge on any atom is 0.0702 e. The van der Waals surface area contributed by atoms with Gasteiger partial charge in [-0.15, -0.1) is 0 Å². The zero-order chi connectivity index (χ0) is 13.0. The van der Waals surface area contributed by atoms with Crippen molar-refractivity contribution in [3.8, 4) is 0 Å². The predicted molar refractivity (Wildman–Crippen MR) is 77.6 cm³/mol. The van der Waals surface area contributed by atoms with Crippen LogP contribution in [0.15, 0.2) is 36.5 Å². The van der Waals surface area contributed by atoms with Crippen LogP contribution in [0.5, 0.6) is 0 Å². The van der Waals surface area contributed by atoms with Gasteiger partial charge in [0.2, 0.25) is 0 Å². The second-order valence-corrected chi connectivity index (χ2v) is 5.05. The molecule has 1 N–H and O–H groups in total. The highest BCUT2D eigenvalue weighted by Gasteiger charge is 2.13. The smallest absolute Gasteiger partial charge is 0.0702 e. The largest absolute Gasteiger partial charge is 0.313 e. The van der Waals surface area contributed by atoms with E-state index < -0.39 is 0 Å². The fourth-order valence-electron chi connectivity index (χ4n) is 2.27. The summed E-state index contributed by atoms with van der Waals surface area (Å²) in [4.78, 5) is 4.54. The summed E-state index contributed by atoms with van der Waals surface area (Å²) in [5, 5.41) is 4.63. The predicted octanol–water partition coefficient (Wildman–Crippen LogP) is 3.93. The van der Waals surface area contributed by atoms with Crippen molar-refractivity contribution in [1.29, 1.82) is 0 Å². The Balaban J connectivity index is 2.27. The quantitative estimate of drug-likeness (QED) is 0.859. The highest BCUT2D eigenvalue weighted by Crippen LogP contribution is 2.24. The van der Waals surface area contributed by atoms with Gasteiger partial charge in [0.25, 0.3) is 0 Å². The van der Waals surface area contributed by atoms with Crippen molar-refractivity contribution < 1.29 is 0 Å². The number of nitrogens with one attached hydrogen (secondary N) is 1. The highest BCUT2D eigenvalue weighted by atomic mass is 14.9. The van der Waals surface area contributed by atoms with Gasteiger partial charge >= 0.3 is 0 Å². The summed E-state index contributed by atoms with van der Waals surface area (Å²) in [6.07, 6.45) is 4.39. The van der Waals surface area contributed by atoms with Crippen LogP contribution in [-0.4, -0.2) is 12.0 Å². The van der Waals surface area contributed by atoms with Crippen molar-refractivity contribution in [2.45, 2.75) is 32.7 Å². The maximum atomic E-state index is 4.54. The van der Waals surface area contributed by atoms with Gasteiger partial charge in [0.05, 0.1) is 5.52 Å². The molecule has 1 aromatic heterocycles. The third-order valence-corrected chi connectivity index (χ3v) is 3.70. The lowest BCUT2D eigenvalue weighted by atomic mass is 9.94. The van der Waals surface area contributed by atoms with Crippen molar-refractivity contribution in [2.75, 3.05) is 7.05 Å².